The molecule has 0 bridgehead atoms. The van der Waals surface area contributed by atoms with Crippen molar-refractivity contribution in [2.24, 2.45) is 0 Å². The Morgan fingerprint density at radius 2 is 1.86 bits per heavy atom. The smallest absolute Gasteiger partial charge is 0.242 e. The second kappa shape index (κ2) is 7.82. The SMILES string of the molecule is CC(C)n1ncc2cc(NC(=S)Nc3cccc(S(=O)(=O)N(C)C)c3)cnc21. The van der Waals surface area contributed by atoms with Gasteiger partial charge in [-0.25, -0.2) is 22.4 Å². The van der Waals surface area contributed by atoms with Crippen LogP contribution in [0.3, 0.4) is 0 Å². The molecule has 148 valence electrons. The number of anilines is 2. The number of sulfonamides is 1. The van der Waals surface area contributed by atoms with Crippen LogP contribution in [0.5, 0.6) is 0 Å². The highest BCUT2D eigenvalue weighted by atomic mass is 32.2. The van der Waals surface area contributed by atoms with Crippen molar-refractivity contribution in [3.63, 3.8) is 0 Å². The van der Waals surface area contributed by atoms with Crippen LogP contribution in [0.2, 0.25) is 0 Å². The minimum Gasteiger partial charge on any atom is -0.332 e. The number of fused-ring (bicyclic) bond motifs is 1. The molecule has 2 N–H and O–H groups in total. The summed E-state index contributed by atoms with van der Waals surface area (Å²) in [4.78, 5) is 4.64. The average Bonchev–Trinajstić information content (AvgIpc) is 3.05. The van der Waals surface area contributed by atoms with E-state index in [1.165, 1.54) is 24.5 Å². The van der Waals surface area contributed by atoms with Gasteiger partial charge in [-0.3, -0.25) is 0 Å². The highest BCUT2D eigenvalue weighted by Crippen LogP contribution is 2.20. The molecule has 0 fully saturated rings. The molecule has 3 rings (SSSR count). The fraction of sp³-hybridized carbons (Fsp3) is 0.278. The predicted octanol–water partition coefficient (Wildman–Crippen LogP) is 3.07. The molecule has 0 spiro atoms. The fourth-order valence-corrected chi connectivity index (χ4v) is 3.81. The van der Waals surface area contributed by atoms with Gasteiger partial charge in [-0.1, -0.05) is 6.07 Å². The lowest BCUT2D eigenvalue weighted by Crippen LogP contribution is -2.23. The van der Waals surface area contributed by atoms with Gasteiger partial charge < -0.3 is 10.6 Å². The minimum atomic E-state index is -3.51. The lowest BCUT2D eigenvalue weighted by Gasteiger charge is -2.14. The topological polar surface area (TPSA) is 92.2 Å². The normalized spacial score (nSPS) is 11.9. The molecule has 3 aromatic rings. The summed E-state index contributed by atoms with van der Waals surface area (Å²) in [5.41, 5.74) is 2.09. The quantitative estimate of drug-likeness (QED) is 0.615. The van der Waals surface area contributed by atoms with E-state index in [0.717, 1.165) is 11.0 Å². The van der Waals surface area contributed by atoms with Gasteiger partial charge in [0.15, 0.2) is 10.8 Å². The Hall–Kier alpha value is -2.56. The maximum Gasteiger partial charge on any atom is 0.242 e. The maximum atomic E-state index is 12.3. The van der Waals surface area contributed by atoms with Gasteiger partial charge in [0.2, 0.25) is 10.0 Å². The standard InChI is InChI=1S/C18H22N6O2S2/c1-12(2)24-17-13(10-20-24)8-15(11-19-17)22-18(27)21-14-6-5-7-16(9-14)28(25,26)23(3)4/h5-12H,1-4H3,(H2,21,22,27). The van der Waals surface area contributed by atoms with E-state index in [2.05, 4.69) is 20.7 Å². The summed E-state index contributed by atoms with van der Waals surface area (Å²) in [6.07, 6.45) is 3.45. The second-order valence-corrected chi connectivity index (χ2v) is 9.27. The van der Waals surface area contributed by atoms with Gasteiger partial charge in [0.1, 0.15) is 0 Å². The molecule has 0 saturated heterocycles. The second-order valence-electron chi connectivity index (χ2n) is 6.71. The van der Waals surface area contributed by atoms with Gasteiger partial charge >= 0.3 is 0 Å². The third kappa shape index (κ3) is 4.13. The number of hydrogen-bond acceptors (Lipinski definition) is 5. The van der Waals surface area contributed by atoms with Gasteiger partial charge in [-0.15, -0.1) is 0 Å². The van der Waals surface area contributed by atoms with Crippen LogP contribution < -0.4 is 10.6 Å². The van der Waals surface area contributed by atoms with Crippen molar-refractivity contribution in [1.29, 1.82) is 0 Å². The fourth-order valence-electron chi connectivity index (χ4n) is 2.62. The van der Waals surface area contributed by atoms with Gasteiger partial charge in [0, 0.05) is 31.2 Å². The van der Waals surface area contributed by atoms with Crippen LogP contribution in [-0.4, -0.2) is 46.7 Å². The molecule has 0 aliphatic rings. The van der Waals surface area contributed by atoms with E-state index < -0.39 is 10.0 Å². The van der Waals surface area contributed by atoms with Crippen molar-refractivity contribution in [1.82, 2.24) is 19.1 Å². The molecular formula is C18H22N6O2S2. The molecule has 2 aromatic heterocycles. The van der Waals surface area contributed by atoms with Gasteiger partial charge in [-0.05, 0) is 50.3 Å². The molecule has 0 unspecified atom stereocenters. The zero-order valence-electron chi connectivity index (χ0n) is 16.0. The van der Waals surface area contributed by atoms with Crippen molar-refractivity contribution in [2.45, 2.75) is 24.8 Å². The van der Waals surface area contributed by atoms with Crippen molar-refractivity contribution in [3.05, 3.63) is 42.7 Å². The Bertz CT molecular complexity index is 1120. The molecule has 0 radical (unpaired) electrons. The summed E-state index contributed by atoms with van der Waals surface area (Å²) in [5.74, 6) is 0. The van der Waals surface area contributed by atoms with Crippen molar-refractivity contribution < 1.29 is 8.42 Å². The van der Waals surface area contributed by atoms with Gasteiger partial charge in [-0.2, -0.15) is 5.10 Å². The number of aromatic nitrogens is 3. The minimum absolute atomic E-state index is 0.189. The zero-order chi connectivity index (χ0) is 20.5. The van der Waals surface area contributed by atoms with E-state index in [4.69, 9.17) is 12.2 Å². The van der Waals surface area contributed by atoms with E-state index >= 15 is 0 Å². The van der Waals surface area contributed by atoms with E-state index in [1.807, 2.05) is 24.6 Å². The molecule has 28 heavy (non-hydrogen) atoms. The number of thiocarbonyl (C=S) groups is 1. The van der Waals surface area contributed by atoms with Crippen LogP contribution in [0.15, 0.2) is 47.6 Å². The highest BCUT2D eigenvalue weighted by Gasteiger charge is 2.17. The molecule has 1 aromatic carbocycles. The average molecular weight is 419 g/mol. The molecule has 10 heteroatoms. The van der Waals surface area contributed by atoms with Crippen molar-refractivity contribution in [2.75, 3.05) is 24.7 Å². The number of nitrogens with one attached hydrogen (secondary N) is 2. The van der Waals surface area contributed by atoms with Crippen LogP contribution in [0.1, 0.15) is 19.9 Å². The van der Waals surface area contributed by atoms with Crippen molar-refractivity contribution >= 4 is 49.8 Å². The maximum absolute atomic E-state index is 12.3. The Balaban J connectivity index is 1.75. The van der Waals surface area contributed by atoms with E-state index in [0.29, 0.717) is 16.5 Å². The summed E-state index contributed by atoms with van der Waals surface area (Å²) in [6, 6.07) is 8.62. The first-order valence-corrected chi connectivity index (χ1v) is 10.5. The van der Waals surface area contributed by atoms with Crippen LogP contribution in [0.4, 0.5) is 11.4 Å². The molecule has 0 aliphatic heterocycles. The largest absolute Gasteiger partial charge is 0.332 e. The molecule has 0 saturated carbocycles. The van der Waals surface area contributed by atoms with Crippen LogP contribution in [0, 0.1) is 0 Å². The Labute approximate surface area is 169 Å². The molecule has 2 heterocycles. The first-order valence-electron chi connectivity index (χ1n) is 8.62. The number of hydrogen-bond donors (Lipinski definition) is 2. The molecular weight excluding hydrogens is 396 g/mol. The summed E-state index contributed by atoms with van der Waals surface area (Å²) in [7, 11) is -0.528. The van der Waals surface area contributed by atoms with Gasteiger partial charge in [0.05, 0.1) is 23.0 Å². The van der Waals surface area contributed by atoms with Crippen molar-refractivity contribution in [3.8, 4) is 0 Å². The van der Waals surface area contributed by atoms with Crippen LogP contribution in [0.25, 0.3) is 11.0 Å². The molecule has 0 aliphatic carbocycles. The molecule has 0 amide bonds. The number of nitrogens with zero attached hydrogens (tertiary/aromatic N) is 4. The number of benzene rings is 1. The Kier molecular flexibility index (Phi) is 5.64. The van der Waals surface area contributed by atoms with Crippen LogP contribution >= 0.6 is 12.2 Å². The predicted molar refractivity (Wildman–Crippen MR) is 115 cm³/mol. The van der Waals surface area contributed by atoms with E-state index in [9.17, 15) is 8.42 Å². The van der Waals surface area contributed by atoms with Crippen LogP contribution in [-0.2, 0) is 10.0 Å². The Morgan fingerprint density at radius 3 is 2.54 bits per heavy atom. The van der Waals surface area contributed by atoms with Gasteiger partial charge in [0.25, 0.3) is 0 Å². The summed E-state index contributed by atoms with van der Waals surface area (Å²) >= 11 is 5.35. The summed E-state index contributed by atoms with van der Waals surface area (Å²) < 4.78 is 27.6. The first-order chi connectivity index (χ1) is 13.2. The van der Waals surface area contributed by atoms with E-state index in [-0.39, 0.29) is 10.9 Å². The first kappa shape index (κ1) is 20.2. The lowest BCUT2D eigenvalue weighted by atomic mass is 10.3. The Morgan fingerprint density at radius 1 is 1.14 bits per heavy atom. The third-order valence-corrected chi connectivity index (χ3v) is 6.07. The molecule has 0 atom stereocenters. The molecule has 8 nitrogen and oxygen atoms in total. The summed E-state index contributed by atoms with van der Waals surface area (Å²) in [5, 5.41) is 11.6. The number of rotatable bonds is 5. The third-order valence-electron chi connectivity index (χ3n) is 4.05. The summed E-state index contributed by atoms with van der Waals surface area (Å²) in [6.45, 7) is 4.09. The number of pyridine rings is 1. The zero-order valence-corrected chi connectivity index (χ0v) is 17.7. The van der Waals surface area contributed by atoms with E-state index in [1.54, 1.807) is 30.6 Å². The monoisotopic (exact) mass is 418 g/mol. The lowest BCUT2D eigenvalue weighted by molar-refractivity contribution is 0.521. The highest BCUT2D eigenvalue weighted by molar-refractivity contribution is 7.89.